The molecule has 0 aliphatic rings. The standard InChI is InChI=1S/C29H29BN4O6/c35-27(15-22(30(39)40)14-20-6-5-9-26(28(20)36)29(37)38)21-10-11-25(33-16-21)19-34(17-23-7-1-3-12-31-23)18-24-8-2-4-13-32-24/h1-13,16,22,36,39-40H,14-15,17-19H2,(H,37,38)/t22-/m0/s1. The van der Waals surface area contributed by atoms with E-state index in [0.717, 1.165) is 17.1 Å². The highest BCUT2D eigenvalue weighted by Gasteiger charge is 2.28. The maximum Gasteiger partial charge on any atom is 0.455 e. The van der Waals surface area contributed by atoms with Gasteiger partial charge in [0.1, 0.15) is 11.3 Å². The summed E-state index contributed by atoms with van der Waals surface area (Å²) in [5, 5.41) is 39.3. The minimum atomic E-state index is -1.85. The number of carboxylic acids is 1. The Morgan fingerprint density at radius 1 is 0.800 bits per heavy atom. The highest BCUT2D eigenvalue weighted by molar-refractivity contribution is 6.43. The first-order valence-electron chi connectivity index (χ1n) is 12.7. The van der Waals surface area contributed by atoms with Gasteiger partial charge in [0.05, 0.1) is 17.1 Å². The maximum atomic E-state index is 13.0. The van der Waals surface area contributed by atoms with Crippen LogP contribution in [0.5, 0.6) is 5.75 Å². The van der Waals surface area contributed by atoms with Crippen LogP contribution in [0.4, 0.5) is 0 Å². The van der Waals surface area contributed by atoms with Crippen LogP contribution in [0.15, 0.2) is 85.3 Å². The molecular weight excluding hydrogens is 511 g/mol. The van der Waals surface area contributed by atoms with Gasteiger partial charge in [0.2, 0.25) is 0 Å². The second-order valence-electron chi connectivity index (χ2n) is 9.45. The van der Waals surface area contributed by atoms with Gasteiger partial charge in [-0.15, -0.1) is 0 Å². The van der Waals surface area contributed by atoms with Gasteiger partial charge in [-0.2, -0.15) is 0 Å². The molecule has 0 aliphatic carbocycles. The molecular formula is C29H29BN4O6. The van der Waals surface area contributed by atoms with Gasteiger partial charge in [-0.3, -0.25) is 24.6 Å². The zero-order valence-corrected chi connectivity index (χ0v) is 21.7. The maximum absolute atomic E-state index is 13.0. The minimum absolute atomic E-state index is 0.0993. The third-order valence-corrected chi connectivity index (χ3v) is 6.46. The summed E-state index contributed by atoms with van der Waals surface area (Å²) in [7, 11) is -1.85. The lowest BCUT2D eigenvalue weighted by atomic mass is 9.66. The number of hydrogen-bond donors (Lipinski definition) is 4. The fourth-order valence-electron chi connectivity index (χ4n) is 4.37. The van der Waals surface area contributed by atoms with Crippen LogP contribution in [-0.4, -0.2) is 59.0 Å². The Hall–Kier alpha value is -4.45. The van der Waals surface area contributed by atoms with Crippen LogP contribution in [0.2, 0.25) is 5.82 Å². The summed E-state index contributed by atoms with van der Waals surface area (Å²) >= 11 is 0. The van der Waals surface area contributed by atoms with E-state index in [1.54, 1.807) is 24.5 Å². The Morgan fingerprint density at radius 2 is 1.43 bits per heavy atom. The lowest BCUT2D eigenvalue weighted by Gasteiger charge is -2.21. The number of nitrogens with zero attached hydrogens (tertiary/aromatic N) is 4. The first-order valence-corrected chi connectivity index (χ1v) is 12.7. The molecule has 204 valence electrons. The third-order valence-electron chi connectivity index (χ3n) is 6.46. The SMILES string of the molecule is O=C(C[C@H](Cc1cccc(C(=O)O)c1O)B(O)O)c1ccc(CN(Cc2ccccn2)Cc2ccccn2)nc1. The lowest BCUT2D eigenvalue weighted by molar-refractivity contribution is 0.0693. The van der Waals surface area contributed by atoms with Gasteiger partial charge in [-0.1, -0.05) is 24.3 Å². The van der Waals surface area contributed by atoms with E-state index in [1.807, 2.05) is 36.4 Å². The van der Waals surface area contributed by atoms with Gasteiger partial charge in [0, 0.05) is 56.0 Å². The van der Waals surface area contributed by atoms with Crippen LogP contribution in [0.1, 0.15) is 49.8 Å². The first-order chi connectivity index (χ1) is 19.3. The van der Waals surface area contributed by atoms with Crippen molar-refractivity contribution in [2.45, 2.75) is 38.3 Å². The van der Waals surface area contributed by atoms with Crippen LogP contribution >= 0.6 is 0 Å². The molecule has 0 saturated heterocycles. The number of aromatic hydroxyl groups is 1. The summed E-state index contributed by atoms with van der Waals surface area (Å²) in [5.41, 5.74) is 2.75. The van der Waals surface area contributed by atoms with E-state index in [2.05, 4.69) is 19.9 Å². The average Bonchev–Trinajstić information content (AvgIpc) is 2.95. The van der Waals surface area contributed by atoms with E-state index in [-0.39, 0.29) is 29.8 Å². The van der Waals surface area contributed by atoms with E-state index < -0.39 is 24.7 Å². The molecule has 4 aromatic rings. The summed E-state index contributed by atoms with van der Waals surface area (Å²) in [6.45, 7) is 1.64. The van der Waals surface area contributed by atoms with Crippen molar-refractivity contribution in [1.82, 2.24) is 19.9 Å². The van der Waals surface area contributed by atoms with Crippen LogP contribution in [0, 0.1) is 0 Å². The number of aromatic carboxylic acids is 1. The second-order valence-corrected chi connectivity index (χ2v) is 9.45. The monoisotopic (exact) mass is 540 g/mol. The summed E-state index contributed by atoms with van der Waals surface area (Å²) in [6, 6.07) is 19.1. The van der Waals surface area contributed by atoms with E-state index in [0.29, 0.717) is 25.2 Å². The van der Waals surface area contributed by atoms with Gasteiger partial charge >= 0.3 is 13.1 Å². The Bertz CT molecular complexity index is 1380. The molecule has 0 radical (unpaired) electrons. The van der Waals surface area contributed by atoms with Crippen molar-refractivity contribution in [3.05, 3.63) is 119 Å². The Morgan fingerprint density at radius 3 is 1.93 bits per heavy atom. The van der Waals surface area contributed by atoms with Gasteiger partial charge in [-0.05, 0) is 54.4 Å². The summed E-state index contributed by atoms with van der Waals surface area (Å²) in [4.78, 5) is 39.7. The van der Waals surface area contributed by atoms with Crippen molar-refractivity contribution < 1.29 is 29.9 Å². The molecule has 0 amide bonds. The molecule has 10 nitrogen and oxygen atoms in total. The molecule has 0 spiro atoms. The fourth-order valence-corrected chi connectivity index (χ4v) is 4.37. The number of carbonyl (C=O) groups excluding carboxylic acids is 1. The van der Waals surface area contributed by atoms with Crippen LogP contribution in [0.25, 0.3) is 0 Å². The van der Waals surface area contributed by atoms with Crippen molar-refractivity contribution in [1.29, 1.82) is 0 Å². The molecule has 4 rings (SSSR count). The van der Waals surface area contributed by atoms with Crippen molar-refractivity contribution in [3.8, 4) is 5.75 Å². The zero-order chi connectivity index (χ0) is 28.5. The third kappa shape index (κ3) is 7.79. The lowest BCUT2D eigenvalue weighted by Crippen LogP contribution is -2.25. The van der Waals surface area contributed by atoms with Crippen LogP contribution in [0.3, 0.4) is 0 Å². The van der Waals surface area contributed by atoms with Crippen LogP contribution in [-0.2, 0) is 26.1 Å². The number of carboxylic acid groups (broad SMARTS) is 1. The van der Waals surface area contributed by atoms with Crippen LogP contribution < -0.4 is 0 Å². The van der Waals surface area contributed by atoms with Crippen molar-refractivity contribution in [2.24, 2.45) is 0 Å². The average molecular weight is 540 g/mol. The predicted octanol–water partition coefficient (Wildman–Crippen LogP) is 3.14. The molecule has 0 saturated carbocycles. The van der Waals surface area contributed by atoms with Gasteiger partial charge in [-0.25, -0.2) is 4.79 Å². The van der Waals surface area contributed by atoms with E-state index >= 15 is 0 Å². The molecule has 0 fully saturated rings. The number of benzene rings is 1. The first kappa shape index (κ1) is 28.6. The molecule has 40 heavy (non-hydrogen) atoms. The number of carbonyl (C=O) groups is 2. The highest BCUT2D eigenvalue weighted by Crippen LogP contribution is 2.29. The number of ketones is 1. The molecule has 0 unspecified atom stereocenters. The second kappa shape index (κ2) is 13.6. The predicted molar refractivity (Wildman–Crippen MR) is 147 cm³/mol. The molecule has 4 N–H and O–H groups in total. The number of phenols is 1. The topological polar surface area (TPSA) is 157 Å². The zero-order valence-electron chi connectivity index (χ0n) is 21.7. The van der Waals surface area contributed by atoms with E-state index in [9.17, 15) is 29.9 Å². The number of aromatic nitrogens is 3. The summed E-state index contributed by atoms with van der Waals surface area (Å²) < 4.78 is 0. The summed E-state index contributed by atoms with van der Waals surface area (Å²) in [6.07, 6.45) is 4.61. The molecule has 1 aromatic carbocycles. The fraction of sp³-hybridized carbons (Fsp3) is 0.207. The molecule has 1 atom stereocenters. The van der Waals surface area contributed by atoms with E-state index in [4.69, 9.17) is 0 Å². The van der Waals surface area contributed by atoms with Gasteiger partial charge in [0.15, 0.2) is 5.78 Å². The number of hydrogen-bond acceptors (Lipinski definition) is 9. The van der Waals surface area contributed by atoms with Crippen molar-refractivity contribution in [3.63, 3.8) is 0 Å². The van der Waals surface area contributed by atoms with Gasteiger partial charge in [0.25, 0.3) is 0 Å². The van der Waals surface area contributed by atoms with Gasteiger partial charge < -0.3 is 20.3 Å². The smallest absolute Gasteiger partial charge is 0.455 e. The number of Topliss-reactive ketones (excluding diaryl/α,β-unsaturated/α-hetero) is 1. The number of para-hydroxylation sites is 1. The van der Waals surface area contributed by atoms with E-state index in [1.165, 1.54) is 24.4 Å². The Balaban J connectivity index is 1.44. The minimum Gasteiger partial charge on any atom is -0.507 e. The Kier molecular flexibility index (Phi) is 9.69. The normalized spacial score (nSPS) is 11.8. The largest absolute Gasteiger partial charge is 0.507 e. The molecule has 11 heteroatoms. The summed E-state index contributed by atoms with van der Waals surface area (Å²) in [5.74, 6) is -3.08. The quantitative estimate of drug-likeness (QED) is 0.147. The van der Waals surface area contributed by atoms with Crippen molar-refractivity contribution in [2.75, 3.05) is 0 Å². The Labute approximate surface area is 231 Å². The highest BCUT2D eigenvalue weighted by atomic mass is 16.4. The molecule has 0 bridgehead atoms. The number of pyridine rings is 3. The molecule has 3 aromatic heterocycles. The van der Waals surface area contributed by atoms with Crippen molar-refractivity contribution >= 4 is 18.9 Å². The molecule has 0 aliphatic heterocycles. The molecule has 3 heterocycles. The number of rotatable bonds is 13.